The number of halogens is 1. The van der Waals surface area contributed by atoms with Crippen LogP contribution in [0.1, 0.15) is 21.7 Å². The monoisotopic (exact) mass is 381 g/mol. The predicted octanol–water partition coefficient (Wildman–Crippen LogP) is 4.90. The maximum absolute atomic E-state index is 12.9. The van der Waals surface area contributed by atoms with E-state index < -0.39 is 5.97 Å². The third-order valence-corrected chi connectivity index (χ3v) is 4.12. The van der Waals surface area contributed by atoms with Gasteiger partial charge in [0.2, 0.25) is 0 Å². The predicted molar refractivity (Wildman–Crippen MR) is 104 cm³/mol. The van der Waals surface area contributed by atoms with Crippen molar-refractivity contribution in [2.75, 3.05) is 12.4 Å². The second-order valence-corrected chi connectivity index (χ2v) is 5.99. The molecule has 0 unspecified atom stereocenters. The molecular formula is C21H16ClNO4. The lowest BCUT2D eigenvalue weighted by atomic mass is 10.0. The van der Waals surface area contributed by atoms with Gasteiger partial charge in [0.05, 0.1) is 29.5 Å². The van der Waals surface area contributed by atoms with Crippen LogP contribution in [-0.2, 0) is 9.53 Å². The van der Waals surface area contributed by atoms with Crippen molar-refractivity contribution in [1.29, 1.82) is 0 Å². The summed E-state index contributed by atoms with van der Waals surface area (Å²) in [6.45, 7) is 0. The minimum absolute atomic E-state index is 0.174. The number of nitrogens with one attached hydrogen (secondary N) is 1. The Morgan fingerprint density at radius 3 is 2.52 bits per heavy atom. The second kappa shape index (κ2) is 8.38. The fourth-order valence-electron chi connectivity index (χ4n) is 2.48. The molecule has 6 heteroatoms. The topological polar surface area (TPSA) is 68.5 Å². The number of hydrogen-bond acceptors (Lipinski definition) is 4. The van der Waals surface area contributed by atoms with Crippen LogP contribution >= 0.6 is 11.6 Å². The van der Waals surface area contributed by atoms with Crippen LogP contribution < -0.4 is 5.32 Å². The second-order valence-electron chi connectivity index (χ2n) is 5.58. The Bertz CT molecular complexity index is 979. The Hall–Kier alpha value is -3.31. The minimum Gasteiger partial charge on any atom is -0.465 e. The van der Waals surface area contributed by atoms with E-state index in [4.69, 9.17) is 20.8 Å². The number of esters is 1. The number of hydrogen-bond donors (Lipinski definition) is 1. The summed E-state index contributed by atoms with van der Waals surface area (Å²) in [5.74, 6) is -0.378. The molecule has 2 aromatic carbocycles. The molecule has 1 N–H and O–H groups in total. The third kappa shape index (κ3) is 4.46. The van der Waals surface area contributed by atoms with E-state index >= 15 is 0 Å². The fourth-order valence-corrected chi connectivity index (χ4v) is 2.68. The van der Waals surface area contributed by atoms with E-state index in [2.05, 4.69) is 5.32 Å². The van der Waals surface area contributed by atoms with E-state index in [1.807, 2.05) is 30.3 Å². The van der Waals surface area contributed by atoms with Gasteiger partial charge in [0.15, 0.2) is 0 Å². The number of carbonyl (C=O) groups is 2. The first-order valence-corrected chi connectivity index (χ1v) is 8.46. The summed E-state index contributed by atoms with van der Waals surface area (Å²) in [5.41, 5.74) is 1.74. The Kier molecular flexibility index (Phi) is 5.74. The van der Waals surface area contributed by atoms with Crippen LogP contribution in [0.4, 0.5) is 5.69 Å². The molecule has 0 aliphatic carbocycles. The molecule has 0 radical (unpaired) electrons. The molecule has 5 nitrogen and oxygen atoms in total. The van der Waals surface area contributed by atoms with Crippen molar-refractivity contribution in [3.8, 4) is 0 Å². The lowest BCUT2D eigenvalue weighted by molar-refractivity contribution is -0.111. The van der Waals surface area contributed by atoms with E-state index in [-0.39, 0.29) is 16.5 Å². The van der Waals surface area contributed by atoms with Gasteiger partial charge in [0.1, 0.15) is 5.76 Å². The minimum atomic E-state index is -0.578. The Morgan fingerprint density at radius 1 is 1.07 bits per heavy atom. The van der Waals surface area contributed by atoms with E-state index in [9.17, 15) is 9.59 Å². The zero-order valence-electron chi connectivity index (χ0n) is 14.4. The highest BCUT2D eigenvalue weighted by atomic mass is 35.5. The molecule has 0 saturated heterocycles. The highest BCUT2D eigenvalue weighted by Gasteiger charge is 2.16. The summed E-state index contributed by atoms with van der Waals surface area (Å²) in [6.07, 6.45) is 3.19. The van der Waals surface area contributed by atoms with Gasteiger partial charge in [-0.05, 0) is 42.0 Å². The smallest absolute Gasteiger partial charge is 0.339 e. The van der Waals surface area contributed by atoms with Gasteiger partial charge in [0, 0.05) is 5.69 Å². The van der Waals surface area contributed by atoms with Crippen molar-refractivity contribution in [3.05, 3.63) is 88.8 Å². The molecule has 136 valence electrons. The number of ether oxygens (including phenoxy) is 1. The Morgan fingerprint density at radius 2 is 1.85 bits per heavy atom. The number of methoxy groups -OCH3 is 1. The molecular weight excluding hydrogens is 366 g/mol. The van der Waals surface area contributed by atoms with Crippen molar-refractivity contribution in [2.45, 2.75) is 0 Å². The van der Waals surface area contributed by atoms with Gasteiger partial charge >= 0.3 is 5.97 Å². The normalized spacial score (nSPS) is 11.1. The van der Waals surface area contributed by atoms with Crippen LogP contribution in [0.25, 0.3) is 11.6 Å². The lowest BCUT2D eigenvalue weighted by Crippen LogP contribution is -2.14. The molecule has 1 aromatic heterocycles. The standard InChI is InChI=1S/C21H16ClNO4/c1-26-21(25)18-12-15(9-10-19(18)22)23-20(24)17(13-16-8-5-11-27-16)14-6-3-2-4-7-14/h2-13H,1H3,(H,23,24)/b17-13+. The van der Waals surface area contributed by atoms with Gasteiger partial charge in [-0.3, -0.25) is 4.79 Å². The van der Waals surface area contributed by atoms with Gasteiger partial charge in [-0.15, -0.1) is 0 Å². The van der Waals surface area contributed by atoms with Crippen molar-refractivity contribution in [1.82, 2.24) is 0 Å². The first-order valence-electron chi connectivity index (χ1n) is 8.08. The molecule has 0 bridgehead atoms. The summed E-state index contributed by atoms with van der Waals surface area (Å²) in [4.78, 5) is 24.7. The van der Waals surface area contributed by atoms with Crippen LogP contribution in [0.3, 0.4) is 0 Å². The number of carbonyl (C=O) groups excluding carboxylic acids is 2. The Balaban J connectivity index is 1.93. The van der Waals surface area contributed by atoms with Crippen LogP contribution in [-0.4, -0.2) is 19.0 Å². The summed E-state index contributed by atoms with van der Waals surface area (Å²) < 4.78 is 10.0. The number of rotatable bonds is 5. The first kappa shape index (κ1) is 18.5. The number of benzene rings is 2. The number of anilines is 1. The maximum Gasteiger partial charge on any atom is 0.339 e. The average Bonchev–Trinajstić information content (AvgIpc) is 3.21. The lowest BCUT2D eigenvalue weighted by Gasteiger charge is -2.11. The summed E-state index contributed by atoms with van der Waals surface area (Å²) in [5, 5.41) is 3.03. The van der Waals surface area contributed by atoms with Crippen LogP contribution in [0.5, 0.6) is 0 Å². The summed E-state index contributed by atoms with van der Waals surface area (Å²) in [7, 11) is 1.27. The summed E-state index contributed by atoms with van der Waals surface area (Å²) in [6, 6.07) is 17.3. The maximum atomic E-state index is 12.9. The molecule has 0 atom stereocenters. The van der Waals surface area contributed by atoms with Crippen molar-refractivity contribution in [3.63, 3.8) is 0 Å². The molecule has 1 amide bonds. The van der Waals surface area contributed by atoms with Crippen molar-refractivity contribution >= 4 is 40.8 Å². The largest absolute Gasteiger partial charge is 0.465 e. The van der Waals surface area contributed by atoms with Crippen LogP contribution in [0, 0.1) is 0 Å². The molecule has 3 rings (SSSR count). The van der Waals surface area contributed by atoms with Crippen LogP contribution in [0.15, 0.2) is 71.3 Å². The van der Waals surface area contributed by atoms with E-state index in [1.54, 1.807) is 24.3 Å². The van der Waals surface area contributed by atoms with Gasteiger partial charge in [-0.25, -0.2) is 4.79 Å². The molecule has 0 aliphatic rings. The van der Waals surface area contributed by atoms with Gasteiger partial charge in [-0.1, -0.05) is 41.9 Å². The van der Waals surface area contributed by atoms with Crippen LogP contribution in [0.2, 0.25) is 5.02 Å². The average molecular weight is 382 g/mol. The molecule has 0 fully saturated rings. The molecule has 0 saturated carbocycles. The van der Waals surface area contributed by atoms with E-state index in [1.165, 1.54) is 25.5 Å². The third-order valence-electron chi connectivity index (χ3n) is 3.79. The number of furan rings is 1. The number of amides is 1. The molecule has 1 heterocycles. The molecule has 3 aromatic rings. The van der Waals surface area contributed by atoms with Crippen molar-refractivity contribution < 1.29 is 18.7 Å². The molecule has 0 spiro atoms. The quantitative estimate of drug-likeness (QED) is 0.504. The van der Waals surface area contributed by atoms with Crippen molar-refractivity contribution in [2.24, 2.45) is 0 Å². The van der Waals surface area contributed by atoms with E-state index in [0.717, 1.165) is 5.56 Å². The molecule has 27 heavy (non-hydrogen) atoms. The SMILES string of the molecule is COC(=O)c1cc(NC(=O)/C(=C/c2ccco2)c2ccccc2)ccc1Cl. The van der Waals surface area contributed by atoms with Gasteiger partial charge in [0.25, 0.3) is 5.91 Å². The fraction of sp³-hybridized carbons (Fsp3) is 0.0476. The summed E-state index contributed by atoms with van der Waals surface area (Å²) >= 11 is 6.02. The van der Waals surface area contributed by atoms with Gasteiger partial charge < -0.3 is 14.5 Å². The first-order chi connectivity index (χ1) is 13.1. The Labute approximate surface area is 161 Å². The zero-order chi connectivity index (χ0) is 19.2. The van der Waals surface area contributed by atoms with E-state index in [0.29, 0.717) is 17.0 Å². The highest BCUT2D eigenvalue weighted by Crippen LogP contribution is 2.24. The van der Waals surface area contributed by atoms with Gasteiger partial charge in [-0.2, -0.15) is 0 Å². The molecule has 0 aliphatic heterocycles. The zero-order valence-corrected chi connectivity index (χ0v) is 15.2. The highest BCUT2D eigenvalue weighted by molar-refractivity contribution is 6.34.